The zero-order valence-electron chi connectivity index (χ0n) is 9.49. The summed E-state index contributed by atoms with van der Waals surface area (Å²) in [6, 6.07) is 5.90. The first-order valence-electron chi connectivity index (χ1n) is 5.13. The second-order valence-corrected chi connectivity index (χ2v) is 4.60. The zero-order chi connectivity index (χ0) is 11.7. The van der Waals surface area contributed by atoms with Crippen LogP contribution in [-0.4, -0.2) is 17.1 Å². The number of rotatable bonds is 2. The van der Waals surface area contributed by atoms with Crippen LogP contribution in [0.15, 0.2) is 22.9 Å². The van der Waals surface area contributed by atoms with Crippen molar-refractivity contribution < 1.29 is 4.74 Å². The summed E-state index contributed by atoms with van der Waals surface area (Å²) >= 11 is 3.34. The predicted molar refractivity (Wildman–Crippen MR) is 67.9 cm³/mol. The molecule has 0 N–H and O–H groups in total. The molecule has 16 heavy (non-hydrogen) atoms. The molecule has 0 amide bonds. The van der Waals surface area contributed by atoms with Crippen molar-refractivity contribution in [2.75, 3.05) is 7.11 Å². The smallest absolute Gasteiger partial charge is 0.197 e. The fourth-order valence-electron chi connectivity index (χ4n) is 1.73. The molecular formula is C12H13BrN2O. The molecule has 0 atom stereocenters. The van der Waals surface area contributed by atoms with Crippen molar-refractivity contribution in [3.8, 4) is 5.75 Å². The van der Waals surface area contributed by atoms with Crippen molar-refractivity contribution in [1.29, 1.82) is 0 Å². The van der Waals surface area contributed by atoms with Crippen LogP contribution in [0.1, 0.15) is 25.5 Å². The van der Waals surface area contributed by atoms with Crippen molar-refractivity contribution >= 4 is 26.8 Å². The number of hydrogen-bond donors (Lipinski definition) is 0. The molecule has 0 aliphatic heterocycles. The first kappa shape index (κ1) is 11.3. The first-order chi connectivity index (χ1) is 7.63. The van der Waals surface area contributed by atoms with Crippen molar-refractivity contribution in [2.45, 2.75) is 19.8 Å². The summed E-state index contributed by atoms with van der Waals surface area (Å²) in [5.41, 5.74) is 1.89. The molecule has 2 rings (SSSR count). The highest BCUT2D eigenvalue weighted by Crippen LogP contribution is 2.29. The lowest BCUT2D eigenvalue weighted by molar-refractivity contribution is 0.418. The molecule has 0 saturated carbocycles. The van der Waals surface area contributed by atoms with E-state index in [1.165, 1.54) is 0 Å². The largest absolute Gasteiger partial charge is 0.494 e. The summed E-state index contributed by atoms with van der Waals surface area (Å²) in [4.78, 5) is 8.80. The Morgan fingerprint density at radius 1 is 1.25 bits per heavy atom. The molecule has 1 aromatic carbocycles. The number of methoxy groups -OCH3 is 1. The molecule has 0 saturated heterocycles. The maximum Gasteiger partial charge on any atom is 0.197 e. The van der Waals surface area contributed by atoms with Crippen LogP contribution in [0.2, 0.25) is 0 Å². The van der Waals surface area contributed by atoms with Gasteiger partial charge in [0, 0.05) is 5.39 Å². The molecular weight excluding hydrogens is 268 g/mol. The van der Waals surface area contributed by atoms with Crippen LogP contribution in [0.5, 0.6) is 5.75 Å². The Labute approximate surface area is 103 Å². The van der Waals surface area contributed by atoms with E-state index in [2.05, 4.69) is 39.7 Å². The molecule has 1 heterocycles. The van der Waals surface area contributed by atoms with Crippen molar-refractivity contribution in [3.63, 3.8) is 0 Å². The predicted octanol–water partition coefficient (Wildman–Crippen LogP) is 3.52. The van der Waals surface area contributed by atoms with Gasteiger partial charge in [0.1, 0.15) is 11.3 Å². The number of para-hydroxylation sites is 1. The number of nitrogens with zero attached hydrogens (tertiary/aromatic N) is 2. The monoisotopic (exact) mass is 280 g/mol. The number of aromatic nitrogens is 2. The maximum atomic E-state index is 5.31. The number of hydrogen-bond acceptors (Lipinski definition) is 3. The fourth-order valence-corrected chi connectivity index (χ4v) is 2.09. The Morgan fingerprint density at radius 2 is 2.00 bits per heavy atom. The Bertz CT molecular complexity index is 526. The normalized spacial score (nSPS) is 11.1. The third kappa shape index (κ3) is 1.89. The molecule has 3 nitrogen and oxygen atoms in total. The fraction of sp³-hybridized carbons (Fsp3) is 0.333. The van der Waals surface area contributed by atoms with Crippen LogP contribution < -0.4 is 4.74 Å². The average Bonchev–Trinajstić information content (AvgIpc) is 2.27. The molecule has 0 spiro atoms. The lowest BCUT2D eigenvalue weighted by Crippen LogP contribution is -1.99. The lowest BCUT2D eigenvalue weighted by atomic mass is 10.0. The van der Waals surface area contributed by atoms with E-state index in [0.717, 1.165) is 22.3 Å². The summed E-state index contributed by atoms with van der Waals surface area (Å²) < 4.78 is 5.91. The lowest BCUT2D eigenvalue weighted by Gasteiger charge is -2.11. The highest BCUT2D eigenvalue weighted by molar-refractivity contribution is 9.10. The van der Waals surface area contributed by atoms with Gasteiger partial charge in [-0.05, 0) is 27.9 Å². The van der Waals surface area contributed by atoms with Crippen LogP contribution >= 0.6 is 15.9 Å². The van der Waals surface area contributed by atoms with Gasteiger partial charge < -0.3 is 4.74 Å². The van der Waals surface area contributed by atoms with Gasteiger partial charge in [-0.25, -0.2) is 9.97 Å². The minimum atomic E-state index is 0.355. The molecule has 0 aliphatic carbocycles. The van der Waals surface area contributed by atoms with E-state index in [0.29, 0.717) is 10.7 Å². The second kappa shape index (κ2) is 4.37. The highest BCUT2D eigenvalue weighted by Gasteiger charge is 2.12. The molecule has 2 aromatic rings. The van der Waals surface area contributed by atoms with Gasteiger partial charge in [-0.15, -0.1) is 0 Å². The van der Waals surface area contributed by atoms with Gasteiger partial charge in [0.15, 0.2) is 4.73 Å². The van der Waals surface area contributed by atoms with Gasteiger partial charge in [-0.1, -0.05) is 26.0 Å². The third-order valence-corrected chi connectivity index (χ3v) is 2.81. The van der Waals surface area contributed by atoms with E-state index in [4.69, 9.17) is 4.74 Å². The number of ether oxygens (including phenoxy) is 1. The van der Waals surface area contributed by atoms with Crippen LogP contribution in [-0.2, 0) is 0 Å². The molecule has 4 heteroatoms. The Balaban J connectivity index is 2.83. The van der Waals surface area contributed by atoms with E-state index in [-0.39, 0.29) is 0 Å². The van der Waals surface area contributed by atoms with E-state index < -0.39 is 0 Å². The van der Waals surface area contributed by atoms with Gasteiger partial charge >= 0.3 is 0 Å². The summed E-state index contributed by atoms with van der Waals surface area (Å²) in [6.45, 7) is 4.24. The summed E-state index contributed by atoms with van der Waals surface area (Å²) in [5.74, 6) is 1.14. The van der Waals surface area contributed by atoms with Crippen LogP contribution in [0.3, 0.4) is 0 Å². The topological polar surface area (TPSA) is 35.0 Å². The Kier molecular flexibility index (Phi) is 3.10. The molecule has 0 bridgehead atoms. The van der Waals surface area contributed by atoms with Gasteiger partial charge in [0.25, 0.3) is 0 Å². The minimum absolute atomic E-state index is 0.355. The van der Waals surface area contributed by atoms with E-state index >= 15 is 0 Å². The van der Waals surface area contributed by atoms with Gasteiger partial charge in [-0.3, -0.25) is 0 Å². The molecule has 0 unspecified atom stereocenters. The van der Waals surface area contributed by atoms with Crippen LogP contribution in [0.25, 0.3) is 10.9 Å². The molecule has 0 aliphatic rings. The molecule has 0 radical (unpaired) electrons. The van der Waals surface area contributed by atoms with E-state index in [9.17, 15) is 0 Å². The maximum absolute atomic E-state index is 5.31. The van der Waals surface area contributed by atoms with Crippen molar-refractivity contribution in [3.05, 3.63) is 28.6 Å². The van der Waals surface area contributed by atoms with Gasteiger partial charge in [0.2, 0.25) is 0 Å². The van der Waals surface area contributed by atoms with E-state index in [1.807, 2.05) is 18.2 Å². The minimum Gasteiger partial charge on any atom is -0.494 e. The molecule has 0 fully saturated rings. The second-order valence-electron chi connectivity index (χ2n) is 3.89. The van der Waals surface area contributed by atoms with Gasteiger partial charge in [-0.2, -0.15) is 0 Å². The van der Waals surface area contributed by atoms with Crippen LogP contribution in [0, 0.1) is 0 Å². The SMILES string of the molecule is COc1cccc2c(C(C)C)nc(Br)nc12. The highest BCUT2D eigenvalue weighted by atomic mass is 79.9. The van der Waals surface area contributed by atoms with Gasteiger partial charge in [0.05, 0.1) is 12.8 Å². The number of halogens is 1. The Morgan fingerprint density at radius 3 is 2.62 bits per heavy atom. The molecule has 84 valence electrons. The summed E-state index contributed by atoms with van der Waals surface area (Å²) in [5, 5.41) is 1.05. The summed E-state index contributed by atoms with van der Waals surface area (Å²) in [7, 11) is 1.65. The Hall–Kier alpha value is -1.16. The first-order valence-corrected chi connectivity index (χ1v) is 5.93. The third-order valence-electron chi connectivity index (χ3n) is 2.46. The standard InChI is InChI=1S/C12H13BrN2O/c1-7(2)10-8-5-4-6-9(16-3)11(8)15-12(13)14-10/h4-7H,1-3H3. The van der Waals surface area contributed by atoms with Crippen LogP contribution in [0.4, 0.5) is 0 Å². The van der Waals surface area contributed by atoms with Crippen molar-refractivity contribution in [1.82, 2.24) is 9.97 Å². The average molecular weight is 281 g/mol. The quantitative estimate of drug-likeness (QED) is 0.790. The molecule has 1 aromatic heterocycles. The zero-order valence-corrected chi connectivity index (χ0v) is 11.1. The van der Waals surface area contributed by atoms with E-state index in [1.54, 1.807) is 7.11 Å². The number of benzene rings is 1. The summed E-state index contributed by atoms with van der Waals surface area (Å²) in [6.07, 6.45) is 0. The number of fused-ring (bicyclic) bond motifs is 1. The van der Waals surface area contributed by atoms with Crippen molar-refractivity contribution in [2.24, 2.45) is 0 Å².